The van der Waals surface area contributed by atoms with Gasteiger partial charge in [-0.25, -0.2) is 0 Å². The number of benzene rings is 1. The molecule has 1 aliphatic rings. The molecule has 1 heterocycles. The predicted molar refractivity (Wildman–Crippen MR) is 98.5 cm³/mol. The van der Waals surface area contributed by atoms with Crippen LogP contribution in [0, 0.1) is 0 Å². The van der Waals surface area contributed by atoms with Crippen LogP contribution in [0.4, 0.5) is 4.79 Å². The van der Waals surface area contributed by atoms with Crippen molar-refractivity contribution in [3.63, 3.8) is 0 Å². The fourth-order valence-corrected chi connectivity index (χ4v) is 3.26. The molecule has 0 radical (unpaired) electrons. The maximum Gasteiger partial charge on any atom is 0.325 e. The van der Waals surface area contributed by atoms with Crippen molar-refractivity contribution in [1.82, 2.24) is 4.90 Å². The zero-order chi connectivity index (χ0) is 19.4. The van der Waals surface area contributed by atoms with Crippen LogP contribution in [0.1, 0.15) is 19.4 Å². The summed E-state index contributed by atoms with van der Waals surface area (Å²) in [5.74, 6) is -0.428. The van der Waals surface area contributed by atoms with Crippen LogP contribution in [-0.4, -0.2) is 48.9 Å². The second kappa shape index (κ2) is 8.46. The lowest BCUT2D eigenvalue weighted by Crippen LogP contribution is -2.34. The fourth-order valence-electron chi connectivity index (χ4n) is 2.15. The number of carbonyl (C=O) groups excluding carboxylic acids is 3. The van der Waals surface area contributed by atoms with E-state index in [4.69, 9.17) is 21.1 Å². The summed E-state index contributed by atoms with van der Waals surface area (Å²) in [5.41, 5.74) is 0.562. The minimum absolute atomic E-state index is 0.0953. The first-order valence-corrected chi connectivity index (χ1v) is 8.82. The normalized spacial score (nSPS) is 15.8. The lowest BCUT2D eigenvalue weighted by molar-refractivity contribution is -0.143. The van der Waals surface area contributed by atoms with Gasteiger partial charge < -0.3 is 14.2 Å². The number of halogens is 1. The molecule has 0 aliphatic carbocycles. The van der Waals surface area contributed by atoms with Crippen LogP contribution in [-0.2, 0) is 14.3 Å². The molecule has 1 fully saturated rings. The first kappa shape index (κ1) is 20.1. The number of methoxy groups -OCH3 is 2. The van der Waals surface area contributed by atoms with Crippen molar-refractivity contribution in [3.8, 4) is 11.5 Å². The summed E-state index contributed by atoms with van der Waals surface area (Å²) >= 11 is 7.00. The number of esters is 1. The Bertz CT molecular complexity index is 777. The monoisotopic (exact) mass is 399 g/mol. The first-order chi connectivity index (χ1) is 12.3. The van der Waals surface area contributed by atoms with Crippen LogP contribution in [0.2, 0.25) is 5.02 Å². The molecule has 0 N–H and O–H groups in total. The molecule has 1 aliphatic heterocycles. The van der Waals surface area contributed by atoms with Crippen molar-refractivity contribution in [3.05, 3.63) is 27.6 Å². The minimum atomic E-state index is -0.673. The molecular formula is C17H18ClNO6S. The number of nitrogens with zero attached hydrogens (tertiary/aromatic N) is 1. The number of rotatable bonds is 6. The molecule has 0 atom stereocenters. The molecule has 1 aromatic rings. The van der Waals surface area contributed by atoms with Crippen LogP contribution in [0.15, 0.2) is 17.0 Å². The second-order valence-corrected chi connectivity index (χ2v) is 6.95. The summed E-state index contributed by atoms with van der Waals surface area (Å²) in [6.07, 6.45) is 1.41. The zero-order valence-corrected chi connectivity index (χ0v) is 16.3. The highest BCUT2D eigenvalue weighted by Crippen LogP contribution is 2.39. The van der Waals surface area contributed by atoms with E-state index in [9.17, 15) is 14.4 Å². The lowest BCUT2D eigenvalue weighted by atomic mass is 10.1. The first-order valence-electron chi connectivity index (χ1n) is 7.63. The van der Waals surface area contributed by atoms with Crippen LogP contribution < -0.4 is 9.47 Å². The van der Waals surface area contributed by atoms with Gasteiger partial charge >= 0.3 is 5.97 Å². The third-order valence-electron chi connectivity index (χ3n) is 3.29. The van der Waals surface area contributed by atoms with Gasteiger partial charge in [0, 0.05) is 0 Å². The zero-order valence-electron chi connectivity index (χ0n) is 14.7. The Morgan fingerprint density at radius 3 is 2.58 bits per heavy atom. The van der Waals surface area contributed by atoms with E-state index in [1.165, 1.54) is 20.3 Å². The molecule has 9 heteroatoms. The largest absolute Gasteiger partial charge is 0.493 e. The van der Waals surface area contributed by atoms with E-state index in [-0.39, 0.29) is 11.0 Å². The number of imide groups is 1. The fraction of sp³-hybridized carbons (Fsp3) is 0.353. The van der Waals surface area contributed by atoms with Crippen molar-refractivity contribution in [2.45, 2.75) is 20.0 Å². The molecule has 7 nitrogen and oxygen atoms in total. The molecular weight excluding hydrogens is 382 g/mol. The molecule has 0 aromatic heterocycles. The van der Waals surface area contributed by atoms with E-state index in [2.05, 4.69) is 4.74 Å². The van der Waals surface area contributed by atoms with Gasteiger partial charge in [0.1, 0.15) is 6.54 Å². The average molecular weight is 400 g/mol. The van der Waals surface area contributed by atoms with Crippen LogP contribution in [0.5, 0.6) is 11.5 Å². The van der Waals surface area contributed by atoms with Gasteiger partial charge in [-0.3, -0.25) is 19.3 Å². The van der Waals surface area contributed by atoms with Crippen molar-refractivity contribution in [1.29, 1.82) is 0 Å². The molecule has 0 bridgehead atoms. The highest BCUT2D eigenvalue weighted by atomic mass is 35.5. The molecule has 140 valence electrons. The van der Waals surface area contributed by atoms with E-state index >= 15 is 0 Å². The van der Waals surface area contributed by atoms with Crippen molar-refractivity contribution < 1.29 is 28.6 Å². The predicted octanol–water partition coefficient (Wildman–Crippen LogP) is 3.35. The van der Waals surface area contributed by atoms with E-state index in [0.717, 1.165) is 16.7 Å². The second-order valence-electron chi connectivity index (χ2n) is 5.54. The van der Waals surface area contributed by atoms with Gasteiger partial charge in [0.15, 0.2) is 11.5 Å². The topological polar surface area (TPSA) is 82.1 Å². The summed E-state index contributed by atoms with van der Waals surface area (Å²) < 4.78 is 15.4. The molecule has 26 heavy (non-hydrogen) atoms. The third-order valence-corrected chi connectivity index (χ3v) is 4.48. The van der Waals surface area contributed by atoms with Gasteiger partial charge in [-0.15, -0.1) is 0 Å². The molecule has 0 unspecified atom stereocenters. The van der Waals surface area contributed by atoms with Gasteiger partial charge in [0.05, 0.1) is 30.3 Å². The van der Waals surface area contributed by atoms with Crippen molar-refractivity contribution in [2.75, 3.05) is 20.8 Å². The Morgan fingerprint density at radius 2 is 2.00 bits per heavy atom. The van der Waals surface area contributed by atoms with Crippen molar-refractivity contribution in [2.24, 2.45) is 0 Å². The number of ether oxygens (including phenoxy) is 3. The molecule has 1 saturated heterocycles. The molecule has 0 spiro atoms. The third kappa shape index (κ3) is 4.50. The number of hydrogen-bond acceptors (Lipinski definition) is 7. The Labute approximate surface area is 160 Å². The summed E-state index contributed by atoms with van der Waals surface area (Å²) in [6, 6.07) is 3.26. The molecule has 2 rings (SSSR count). The van der Waals surface area contributed by atoms with Gasteiger partial charge in [0.2, 0.25) is 0 Å². The summed E-state index contributed by atoms with van der Waals surface area (Å²) in [4.78, 5) is 36.6. The van der Waals surface area contributed by atoms with E-state index in [1.54, 1.807) is 12.1 Å². The maximum atomic E-state index is 12.3. The number of thioether (sulfide) groups is 1. The van der Waals surface area contributed by atoms with E-state index < -0.39 is 23.7 Å². The maximum absolute atomic E-state index is 12.3. The Balaban J connectivity index is 2.32. The average Bonchev–Trinajstić information content (AvgIpc) is 2.84. The van der Waals surface area contributed by atoms with E-state index in [0.29, 0.717) is 22.1 Å². The van der Waals surface area contributed by atoms with Crippen LogP contribution in [0.25, 0.3) is 6.08 Å². The number of amides is 2. The Hall–Kier alpha value is -2.19. The molecule has 0 saturated carbocycles. The number of hydrogen-bond donors (Lipinski definition) is 0. The van der Waals surface area contributed by atoms with Crippen molar-refractivity contribution >= 4 is 46.6 Å². The summed E-state index contributed by atoms with van der Waals surface area (Å²) in [5, 5.41) is -0.220. The SMILES string of the molecule is COC(=O)CN1C(=O)S/C(=C\c2cc(Cl)c(OC(C)C)c(OC)c2)C1=O. The molecule has 1 aromatic carbocycles. The van der Waals surface area contributed by atoms with E-state index in [1.807, 2.05) is 13.8 Å². The quantitative estimate of drug-likeness (QED) is 0.535. The van der Waals surface area contributed by atoms with Gasteiger partial charge in [-0.05, 0) is 49.4 Å². The highest BCUT2D eigenvalue weighted by Gasteiger charge is 2.36. The summed E-state index contributed by atoms with van der Waals surface area (Å²) in [6.45, 7) is 3.30. The lowest BCUT2D eigenvalue weighted by Gasteiger charge is -2.15. The van der Waals surface area contributed by atoms with Crippen LogP contribution >= 0.6 is 23.4 Å². The Morgan fingerprint density at radius 1 is 1.31 bits per heavy atom. The van der Waals surface area contributed by atoms with Gasteiger partial charge in [0.25, 0.3) is 11.1 Å². The summed E-state index contributed by atoms with van der Waals surface area (Å²) in [7, 11) is 2.67. The van der Waals surface area contributed by atoms with Gasteiger partial charge in [-0.1, -0.05) is 11.6 Å². The smallest absolute Gasteiger partial charge is 0.325 e. The highest BCUT2D eigenvalue weighted by molar-refractivity contribution is 8.18. The van der Waals surface area contributed by atoms with Crippen LogP contribution in [0.3, 0.4) is 0 Å². The standard InChI is InChI=1S/C17H18ClNO6S/c1-9(2)25-15-11(18)5-10(6-12(15)23-3)7-13-16(21)19(17(22)26-13)8-14(20)24-4/h5-7,9H,8H2,1-4H3/b13-7-. The number of carbonyl (C=O) groups is 3. The Kier molecular flexibility index (Phi) is 6.55. The van der Waals surface area contributed by atoms with Gasteiger partial charge in [-0.2, -0.15) is 0 Å². The molecule has 2 amide bonds. The minimum Gasteiger partial charge on any atom is -0.493 e.